The van der Waals surface area contributed by atoms with Crippen molar-refractivity contribution in [2.75, 3.05) is 19.7 Å². The fourth-order valence-corrected chi connectivity index (χ4v) is 3.99. The summed E-state index contributed by atoms with van der Waals surface area (Å²) in [5, 5.41) is 3.62. The molecule has 2 atom stereocenters. The molecule has 2 unspecified atom stereocenters. The Morgan fingerprint density at radius 1 is 0.909 bits per heavy atom. The zero-order chi connectivity index (χ0) is 16.3. The summed E-state index contributed by atoms with van der Waals surface area (Å²) in [5.74, 6) is 1.67. The highest BCUT2D eigenvalue weighted by atomic mass is 16.5. The third-order valence-corrected chi connectivity index (χ3v) is 5.54. The van der Waals surface area contributed by atoms with E-state index in [-0.39, 0.29) is 5.60 Å². The van der Waals surface area contributed by atoms with Crippen LogP contribution in [0.5, 0.6) is 0 Å². The minimum atomic E-state index is 0.112. The van der Waals surface area contributed by atoms with Crippen molar-refractivity contribution in [1.29, 1.82) is 0 Å². The van der Waals surface area contributed by atoms with E-state index in [1.807, 2.05) is 0 Å². The molecule has 0 radical (unpaired) electrons. The molecule has 0 aliphatic carbocycles. The molecule has 1 aliphatic rings. The summed E-state index contributed by atoms with van der Waals surface area (Å²) in [5.41, 5.74) is 0.112. The molecule has 0 spiro atoms. The second kappa shape index (κ2) is 11.5. The average Bonchev–Trinajstić information content (AvgIpc) is 2.56. The van der Waals surface area contributed by atoms with E-state index in [0.29, 0.717) is 0 Å². The van der Waals surface area contributed by atoms with Gasteiger partial charge in [-0.15, -0.1) is 0 Å². The Morgan fingerprint density at radius 3 is 1.82 bits per heavy atom. The predicted molar refractivity (Wildman–Crippen MR) is 97.4 cm³/mol. The fourth-order valence-electron chi connectivity index (χ4n) is 3.99. The summed E-state index contributed by atoms with van der Waals surface area (Å²) in [6.07, 6.45) is 13.3. The molecule has 0 bridgehead atoms. The molecule has 132 valence electrons. The average molecular weight is 312 g/mol. The number of ether oxygens (including phenoxy) is 1. The number of hydrogen-bond acceptors (Lipinski definition) is 2. The Balaban J connectivity index is 2.66. The van der Waals surface area contributed by atoms with Crippen molar-refractivity contribution in [3.8, 4) is 0 Å². The van der Waals surface area contributed by atoms with Gasteiger partial charge in [-0.3, -0.25) is 0 Å². The molecule has 1 fully saturated rings. The second-order valence-electron chi connectivity index (χ2n) is 7.45. The first-order valence-corrected chi connectivity index (χ1v) is 10.0. The highest BCUT2D eigenvalue weighted by Crippen LogP contribution is 2.35. The van der Waals surface area contributed by atoms with Gasteiger partial charge in [-0.05, 0) is 24.7 Å². The van der Waals surface area contributed by atoms with Gasteiger partial charge in [0.1, 0.15) is 0 Å². The largest absolute Gasteiger partial charge is 0.372 e. The fraction of sp³-hybridized carbons (Fsp3) is 1.00. The summed E-state index contributed by atoms with van der Waals surface area (Å²) < 4.78 is 6.43. The highest BCUT2D eigenvalue weighted by molar-refractivity contribution is 4.90. The Labute approximate surface area is 139 Å². The quantitative estimate of drug-likeness (QED) is 0.509. The molecule has 1 rings (SSSR count). The molecule has 1 saturated heterocycles. The molecule has 0 saturated carbocycles. The Bertz CT molecular complexity index is 240. The van der Waals surface area contributed by atoms with Crippen molar-refractivity contribution < 1.29 is 4.74 Å². The van der Waals surface area contributed by atoms with E-state index in [1.165, 1.54) is 64.2 Å². The van der Waals surface area contributed by atoms with Gasteiger partial charge in [0, 0.05) is 13.1 Å². The van der Waals surface area contributed by atoms with Crippen LogP contribution in [-0.2, 0) is 4.74 Å². The van der Waals surface area contributed by atoms with Gasteiger partial charge >= 0.3 is 0 Å². The van der Waals surface area contributed by atoms with Crippen LogP contribution in [0.25, 0.3) is 0 Å². The number of unbranched alkanes of at least 4 members (excludes halogenated alkanes) is 2. The van der Waals surface area contributed by atoms with Crippen molar-refractivity contribution >= 4 is 0 Å². The number of hydrogen-bond donors (Lipinski definition) is 1. The van der Waals surface area contributed by atoms with E-state index in [2.05, 4.69) is 33.0 Å². The lowest BCUT2D eigenvalue weighted by molar-refractivity contribution is -0.0959. The molecule has 0 aromatic rings. The van der Waals surface area contributed by atoms with Crippen molar-refractivity contribution in [3.05, 3.63) is 0 Å². The molecule has 2 nitrogen and oxygen atoms in total. The van der Waals surface area contributed by atoms with Crippen molar-refractivity contribution in [2.24, 2.45) is 11.8 Å². The smallest absolute Gasteiger partial charge is 0.0812 e. The molecule has 1 aliphatic heterocycles. The van der Waals surface area contributed by atoms with Crippen LogP contribution in [-0.4, -0.2) is 25.3 Å². The van der Waals surface area contributed by atoms with Crippen molar-refractivity contribution in [1.82, 2.24) is 5.32 Å². The third kappa shape index (κ3) is 7.00. The van der Waals surface area contributed by atoms with Crippen LogP contribution in [0.2, 0.25) is 0 Å². The maximum atomic E-state index is 6.43. The zero-order valence-electron chi connectivity index (χ0n) is 15.8. The molecule has 0 amide bonds. The van der Waals surface area contributed by atoms with Gasteiger partial charge in [-0.25, -0.2) is 0 Å². The molecular formula is C20H41NO. The SMILES string of the molecule is CCCCC(CC)CC1(CC(CC)CCCC)CNCCO1. The van der Waals surface area contributed by atoms with E-state index >= 15 is 0 Å². The molecule has 22 heavy (non-hydrogen) atoms. The van der Waals surface area contributed by atoms with E-state index in [0.717, 1.165) is 31.5 Å². The molecule has 0 aromatic carbocycles. The van der Waals surface area contributed by atoms with E-state index < -0.39 is 0 Å². The lowest BCUT2D eigenvalue weighted by Gasteiger charge is -2.42. The summed E-state index contributed by atoms with van der Waals surface area (Å²) in [7, 11) is 0. The topological polar surface area (TPSA) is 21.3 Å². The Morgan fingerprint density at radius 2 is 1.45 bits per heavy atom. The summed E-state index contributed by atoms with van der Waals surface area (Å²) >= 11 is 0. The normalized spacial score (nSPS) is 25.1. The lowest BCUT2D eigenvalue weighted by Crippen LogP contribution is -2.51. The first-order valence-electron chi connectivity index (χ1n) is 10.0. The maximum absolute atomic E-state index is 6.43. The first kappa shape index (κ1) is 20.0. The molecule has 0 aromatic heterocycles. The molecule has 2 heteroatoms. The Kier molecular flexibility index (Phi) is 10.4. The lowest BCUT2D eigenvalue weighted by atomic mass is 9.78. The van der Waals surface area contributed by atoms with Gasteiger partial charge < -0.3 is 10.1 Å². The van der Waals surface area contributed by atoms with E-state index in [1.54, 1.807) is 0 Å². The van der Waals surface area contributed by atoms with Gasteiger partial charge in [-0.1, -0.05) is 79.1 Å². The molecule has 1 heterocycles. The van der Waals surface area contributed by atoms with Crippen LogP contribution >= 0.6 is 0 Å². The van der Waals surface area contributed by atoms with E-state index in [4.69, 9.17) is 4.74 Å². The van der Waals surface area contributed by atoms with Crippen LogP contribution in [0.4, 0.5) is 0 Å². The van der Waals surface area contributed by atoms with Gasteiger partial charge in [0.25, 0.3) is 0 Å². The van der Waals surface area contributed by atoms with Crippen LogP contribution in [0, 0.1) is 11.8 Å². The Hall–Kier alpha value is -0.0800. The summed E-state index contributed by atoms with van der Waals surface area (Å²) in [6.45, 7) is 12.3. The molecule has 1 N–H and O–H groups in total. The first-order chi connectivity index (χ1) is 10.7. The van der Waals surface area contributed by atoms with Gasteiger partial charge in [0.15, 0.2) is 0 Å². The minimum Gasteiger partial charge on any atom is -0.372 e. The van der Waals surface area contributed by atoms with Crippen LogP contribution in [0.1, 0.15) is 91.9 Å². The van der Waals surface area contributed by atoms with Crippen molar-refractivity contribution in [2.45, 2.75) is 97.5 Å². The number of morpholine rings is 1. The number of rotatable bonds is 12. The van der Waals surface area contributed by atoms with Gasteiger partial charge in [0.05, 0.1) is 12.2 Å². The monoisotopic (exact) mass is 311 g/mol. The maximum Gasteiger partial charge on any atom is 0.0812 e. The third-order valence-electron chi connectivity index (χ3n) is 5.54. The summed E-state index contributed by atoms with van der Waals surface area (Å²) in [6, 6.07) is 0. The minimum absolute atomic E-state index is 0.112. The van der Waals surface area contributed by atoms with E-state index in [9.17, 15) is 0 Å². The van der Waals surface area contributed by atoms with Gasteiger partial charge in [-0.2, -0.15) is 0 Å². The highest BCUT2D eigenvalue weighted by Gasteiger charge is 2.37. The predicted octanol–water partition coefficient (Wildman–Crippen LogP) is 5.56. The standard InChI is InChI=1S/C20H41NO/c1-5-9-11-18(7-3)15-20(17-21-13-14-22-20)16-19(8-4)12-10-6-2/h18-19,21H,5-17H2,1-4H3. The zero-order valence-corrected chi connectivity index (χ0v) is 15.8. The van der Waals surface area contributed by atoms with Gasteiger partial charge in [0.2, 0.25) is 0 Å². The van der Waals surface area contributed by atoms with Crippen LogP contribution < -0.4 is 5.32 Å². The summed E-state index contributed by atoms with van der Waals surface area (Å²) in [4.78, 5) is 0. The van der Waals surface area contributed by atoms with Crippen molar-refractivity contribution in [3.63, 3.8) is 0 Å². The second-order valence-corrected chi connectivity index (χ2v) is 7.45. The van der Waals surface area contributed by atoms with Crippen LogP contribution in [0.3, 0.4) is 0 Å². The number of nitrogens with one attached hydrogen (secondary N) is 1. The van der Waals surface area contributed by atoms with Crippen LogP contribution in [0.15, 0.2) is 0 Å². The molecular weight excluding hydrogens is 270 g/mol.